The van der Waals surface area contributed by atoms with Crippen LogP contribution in [0.15, 0.2) is 58.5 Å². The molecule has 0 aromatic carbocycles. The highest BCUT2D eigenvalue weighted by Crippen LogP contribution is 2.28. The maximum Gasteiger partial charge on any atom is 0.405 e. The van der Waals surface area contributed by atoms with Crippen LogP contribution in [0.2, 0.25) is 0 Å². The Kier molecular flexibility index (Phi) is 16.4. The molecule has 1 aliphatic carbocycles. The predicted octanol–water partition coefficient (Wildman–Crippen LogP) is -1.08. The van der Waals surface area contributed by atoms with Crippen molar-refractivity contribution in [3.63, 3.8) is 0 Å². The number of nitrogens with two attached hydrogens (primary N) is 1. The molecule has 2 amide bonds. The Balaban J connectivity index is 0.0000101. The fourth-order valence-corrected chi connectivity index (χ4v) is 5.18. The quantitative estimate of drug-likeness (QED) is 0.196. The number of amides is 2. The van der Waals surface area contributed by atoms with Crippen molar-refractivity contribution in [3.05, 3.63) is 58.5 Å². The van der Waals surface area contributed by atoms with Gasteiger partial charge in [0.1, 0.15) is 6.10 Å². The molecule has 0 spiro atoms. The molecule has 0 saturated heterocycles. The summed E-state index contributed by atoms with van der Waals surface area (Å²) in [5.41, 5.74) is 6.55. The van der Waals surface area contributed by atoms with Crippen molar-refractivity contribution in [2.24, 2.45) is 17.6 Å². The molecule has 6 unspecified atom stereocenters. The van der Waals surface area contributed by atoms with Crippen LogP contribution in [0.4, 0.5) is 4.79 Å². The first-order chi connectivity index (χ1) is 20.7. The smallest absolute Gasteiger partial charge is 0.405 e. The van der Waals surface area contributed by atoms with Gasteiger partial charge < -0.3 is 53.0 Å². The number of carbonyl (C=O) groups excluding carboxylic acids is 4. The van der Waals surface area contributed by atoms with E-state index in [0.29, 0.717) is 25.1 Å². The van der Waals surface area contributed by atoms with Crippen LogP contribution < -0.4 is 28.8 Å². The summed E-state index contributed by atoms with van der Waals surface area (Å²) in [6, 6.07) is 0. The fourth-order valence-electron chi connectivity index (χ4n) is 5.18. The molecule has 45 heavy (non-hydrogen) atoms. The lowest BCUT2D eigenvalue weighted by atomic mass is 9.85. The number of rotatable bonds is 7. The molecule has 0 saturated carbocycles. The molecule has 6 atom stereocenters. The standard InChI is InChI=1S/C32H48N4O8.ClH/c1-18-14-22-27(34-12-13-36(5)6)24(37)17-23(29(22)39)35-31(40)19(2)10-9-11-25(42-7)30(44-32(33)41)21(4)16-20(3)28(38)26(15-18)43-8;/h9-11,16-18,20,25-26,28,30,34,38H,12-15H2,1-8H3,(H2,33,41)(H,35,40);1H/p-1. The number of fused-ring (bicyclic) bond motifs is 2. The summed E-state index contributed by atoms with van der Waals surface area (Å²) < 4.78 is 16.6. The molecule has 13 heteroatoms. The highest BCUT2D eigenvalue weighted by Gasteiger charge is 2.33. The van der Waals surface area contributed by atoms with Gasteiger partial charge in [-0.05, 0) is 52.3 Å². The Morgan fingerprint density at radius 2 is 1.82 bits per heavy atom. The summed E-state index contributed by atoms with van der Waals surface area (Å²) in [7, 11) is 6.74. The van der Waals surface area contributed by atoms with E-state index in [4.69, 9.17) is 19.9 Å². The van der Waals surface area contributed by atoms with E-state index in [-0.39, 0.29) is 47.3 Å². The number of hydrogen-bond acceptors (Lipinski definition) is 10. The number of aliphatic hydroxyl groups excluding tert-OH is 1. The minimum Gasteiger partial charge on any atom is -1.00 e. The third-order valence-electron chi connectivity index (χ3n) is 7.65. The maximum atomic E-state index is 13.7. The summed E-state index contributed by atoms with van der Waals surface area (Å²) >= 11 is 0. The second-order valence-corrected chi connectivity index (χ2v) is 11.7. The minimum atomic E-state index is -0.997. The summed E-state index contributed by atoms with van der Waals surface area (Å²) in [6.45, 7) is 8.09. The molecule has 0 aromatic rings. The van der Waals surface area contributed by atoms with E-state index in [9.17, 15) is 24.3 Å². The van der Waals surface area contributed by atoms with Gasteiger partial charge in [-0.3, -0.25) is 14.4 Å². The van der Waals surface area contributed by atoms with Gasteiger partial charge >= 0.3 is 6.09 Å². The second-order valence-electron chi connectivity index (χ2n) is 11.7. The van der Waals surface area contributed by atoms with Crippen LogP contribution in [-0.4, -0.2) is 99.4 Å². The monoisotopic (exact) mass is 651 g/mol. The molecule has 1 aliphatic heterocycles. The number of ether oxygens (including phenoxy) is 3. The highest BCUT2D eigenvalue weighted by atomic mass is 35.5. The van der Waals surface area contributed by atoms with E-state index in [1.165, 1.54) is 20.3 Å². The number of primary amides is 1. The molecular weight excluding hydrogens is 604 g/mol. The van der Waals surface area contributed by atoms with Crippen molar-refractivity contribution in [1.29, 1.82) is 0 Å². The van der Waals surface area contributed by atoms with Gasteiger partial charge in [-0.15, -0.1) is 0 Å². The zero-order valence-corrected chi connectivity index (χ0v) is 28.1. The third kappa shape index (κ3) is 11.5. The third-order valence-corrected chi connectivity index (χ3v) is 7.65. The number of ketones is 2. The Morgan fingerprint density at radius 3 is 2.40 bits per heavy atom. The van der Waals surface area contributed by atoms with Crippen molar-refractivity contribution < 1.29 is 50.9 Å². The van der Waals surface area contributed by atoms with Gasteiger partial charge in [0.05, 0.1) is 23.6 Å². The van der Waals surface area contributed by atoms with Crippen LogP contribution in [0.3, 0.4) is 0 Å². The Labute approximate surface area is 272 Å². The largest absolute Gasteiger partial charge is 1.00 e. The van der Waals surface area contributed by atoms with E-state index in [1.54, 1.807) is 32.1 Å². The van der Waals surface area contributed by atoms with E-state index in [0.717, 1.165) is 6.08 Å². The van der Waals surface area contributed by atoms with Crippen LogP contribution in [0.5, 0.6) is 0 Å². The first kappa shape index (κ1) is 39.7. The number of halogens is 1. The molecule has 1 heterocycles. The lowest BCUT2D eigenvalue weighted by molar-refractivity contribution is -0.120. The Bertz CT molecular complexity index is 1240. The van der Waals surface area contributed by atoms with Crippen LogP contribution in [0.25, 0.3) is 0 Å². The average Bonchev–Trinajstić information content (AvgIpc) is 2.95. The zero-order valence-electron chi connectivity index (χ0n) is 27.4. The number of likely N-dealkylation sites (N-methyl/N-ethyl adjacent to an activating group) is 1. The van der Waals surface area contributed by atoms with Crippen LogP contribution in [0, 0.1) is 11.8 Å². The molecule has 0 radical (unpaired) electrons. The van der Waals surface area contributed by atoms with E-state index < -0.39 is 53.9 Å². The van der Waals surface area contributed by atoms with Gasteiger partial charge in [-0.25, -0.2) is 4.79 Å². The summed E-state index contributed by atoms with van der Waals surface area (Å²) in [6.07, 6.45) is 3.88. The second kappa shape index (κ2) is 18.6. The Morgan fingerprint density at radius 1 is 1.16 bits per heavy atom. The number of allylic oxidation sites excluding steroid dienone is 4. The van der Waals surface area contributed by atoms with Crippen molar-refractivity contribution in [2.75, 3.05) is 41.4 Å². The zero-order chi connectivity index (χ0) is 33.1. The molecule has 5 N–H and O–H groups in total. The lowest BCUT2D eigenvalue weighted by Crippen LogP contribution is -3.00. The number of aliphatic hydroxyl groups is 1. The molecule has 252 valence electrons. The van der Waals surface area contributed by atoms with Crippen molar-refractivity contribution in [2.45, 2.75) is 65.0 Å². The molecule has 12 nitrogen and oxygen atoms in total. The van der Waals surface area contributed by atoms with Gasteiger partial charge in [0.2, 0.25) is 11.6 Å². The molecule has 2 rings (SSSR count). The van der Waals surface area contributed by atoms with E-state index in [2.05, 4.69) is 10.6 Å². The van der Waals surface area contributed by atoms with Gasteiger partial charge in [-0.1, -0.05) is 38.2 Å². The molecule has 2 aliphatic rings. The van der Waals surface area contributed by atoms with Crippen LogP contribution >= 0.6 is 0 Å². The summed E-state index contributed by atoms with van der Waals surface area (Å²) in [5, 5.41) is 17.0. The van der Waals surface area contributed by atoms with Gasteiger partial charge in [0.15, 0.2) is 6.10 Å². The normalized spacial score (nSPS) is 27.2. The Hall–Kier alpha value is -3.29. The SMILES string of the molecule is COC1C=CC=C(C)C(=O)NC2=CC(=O)C(NCCN(C)C)=C(CC(C)CC(OC)C(O)C(C)C=C(C)C1OC(N)=O)C2=O.[Cl-]. The fraction of sp³-hybridized carbons (Fsp3) is 0.562. The minimum absolute atomic E-state index is 0. The van der Waals surface area contributed by atoms with Gasteiger partial charge in [0, 0.05) is 50.4 Å². The first-order valence-corrected chi connectivity index (χ1v) is 14.7. The lowest BCUT2D eigenvalue weighted by Gasteiger charge is -2.30. The molecule has 0 fully saturated rings. The molecular formula is C32H48ClN4O8-. The number of hydrogen-bond donors (Lipinski definition) is 4. The molecule has 2 bridgehead atoms. The number of nitrogens with one attached hydrogen (secondary N) is 2. The number of carbonyl (C=O) groups is 4. The van der Waals surface area contributed by atoms with Gasteiger partial charge in [-0.2, -0.15) is 0 Å². The molecule has 0 aromatic heterocycles. The average molecular weight is 652 g/mol. The van der Waals surface area contributed by atoms with Crippen molar-refractivity contribution in [3.8, 4) is 0 Å². The van der Waals surface area contributed by atoms with Crippen LogP contribution in [-0.2, 0) is 28.6 Å². The van der Waals surface area contributed by atoms with E-state index in [1.807, 2.05) is 32.8 Å². The first-order valence-electron chi connectivity index (χ1n) is 14.7. The predicted molar refractivity (Wildman–Crippen MR) is 166 cm³/mol. The van der Waals surface area contributed by atoms with E-state index >= 15 is 0 Å². The highest BCUT2D eigenvalue weighted by molar-refractivity contribution is 6.23. The number of nitrogens with zero attached hydrogens (tertiary/aromatic N) is 1. The topological polar surface area (TPSA) is 170 Å². The van der Waals surface area contributed by atoms with Crippen molar-refractivity contribution in [1.82, 2.24) is 15.5 Å². The van der Waals surface area contributed by atoms with Gasteiger partial charge in [0.25, 0.3) is 5.91 Å². The maximum absolute atomic E-state index is 13.7. The number of Topliss-reactive ketones (excluding diaryl/α,β-unsaturated/α-hetero) is 1. The number of methoxy groups -OCH3 is 2. The van der Waals surface area contributed by atoms with Crippen molar-refractivity contribution >= 4 is 23.6 Å². The summed E-state index contributed by atoms with van der Waals surface area (Å²) in [4.78, 5) is 53.7. The van der Waals surface area contributed by atoms with Crippen LogP contribution in [0.1, 0.15) is 40.5 Å². The summed E-state index contributed by atoms with van der Waals surface area (Å²) in [5.74, 6) is -2.06.